The molecule has 2 aromatic carbocycles. The molecular weight excluding hydrogens is 428 g/mol. The Bertz CT molecular complexity index is 1240. The summed E-state index contributed by atoms with van der Waals surface area (Å²) in [7, 11) is 0. The lowest BCUT2D eigenvalue weighted by atomic mass is 10.0. The summed E-state index contributed by atoms with van der Waals surface area (Å²) in [6.07, 6.45) is 3.63. The topological polar surface area (TPSA) is 89.1 Å². The first-order valence-electron chi connectivity index (χ1n) is 10.1. The number of nitrogens with one attached hydrogen (secondary N) is 1. The van der Waals surface area contributed by atoms with Gasteiger partial charge < -0.3 is 9.73 Å². The van der Waals surface area contributed by atoms with Crippen molar-refractivity contribution in [3.8, 4) is 0 Å². The summed E-state index contributed by atoms with van der Waals surface area (Å²) in [5.74, 6) is 0.980. The van der Waals surface area contributed by atoms with Gasteiger partial charge in [0.1, 0.15) is 18.3 Å². The Morgan fingerprint density at radius 1 is 1.06 bits per heavy atom. The Labute approximate surface area is 189 Å². The number of anilines is 1. The Hall–Kier alpha value is -3.91. The molecule has 0 saturated carbocycles. The average molecular weight is 447 g/mol. The molecule has 0 fully saturated rings. The molecule has 0 aliphatic carbocycles. The third-order valence-electron chi connectivity index (χ3n) is 5.21. The number of benzene rings is 2. The van der Waals surface area contributed by atoms with Crippen molar-refractivity contribution in [3.05, 3.63) is 101 Å². The van der Waals surface area contributed by atoms with Crippen LogP contribution in [0.5, 0.6) is 0 Å². The van der Waals surface area contributed by atoms with Gasteiger partial charge in [-0.1, -0.05) is 59.2 Å². The summed E-state index contributed by atoms with van der Waals surface area (Å²) in [6, 6.07) is 20.8. The third kappa shape index (κ3) is 4.00. The van der Waals surface area contributed by atoms with Gasteiger partial charge in [0.25, 0.3) is 5.95 Å². The highest BCUT2D eigenvalue weighted by Gasteiger charge is 2.31. The number of allylic oxidation sites excluding steroid dienone is 1. The Balaban J connectivity index is 1.50. The molecule has 0 spiro atoms. The molecule has 3 heterocycles. The highest BCUT2D eigenvalue weighted by molar-refractivity contribution is 6.30. The quantitative estimate of drug-likeness (QED) is 0.486. The standard InChI is InChI=1S/C23H19ClN6O2/c24-18-10-8-17(9-11-18)20-13-21(16-5-2-1-3-6-16)30-23(26-27-28-30)29(20)15-22(31)25-14-19-7-4-12-32-19/h1-13,21H,14-15H2,(H,25,31)/t21-/m1/s1. The van der Waals surface area contributed by atoms with Crippen molar-refractivity contribution >= 4 is 29.2 Å². The number of nitrogens with zero attached hydrogens (tertiary/aromatic N) is 5. The summed E-state index contributed by atoms with van der Waals surface area (Å²) in [4.78, 5) is 14.6. The molecule has 4 aromatic rings. The van der Waals surface area contributed by atoms with Crippen LogP contribution in [0.2, 0.25) is 5.02 Å². The zero-order valence-electron chi connectivity index (χ0n) is 16.9. The molecular formula is C23H19ClN6O2. The number of carbonyl (C=O) groups excluding carboxylic acids is 1. The number of rotatable bonds is 6. The van der Waals surface area contributed by atoms with Crippen molar-refractivity contribution < 1.29 is 9.21 Å². The number of furan rings is 1. The lowest BCUT2D eigenvalue weighted by Gasteiger charge is -2.32. The summed E-state index contributed by atoms with van der Waals surface area (Å²) in [5.41, 5.74) is 2.77. The molecule has 1 amide bonds. The zero-order chi connectivity index (χ0) is 21.9. The minimum atomic E-state index is -0.214. The zero-order valence-corrected chi connectivity index (χ0v) is 17.7. The van der Waals surface area contributed by atoms with Crippen molar-refractivity contribution in [2.24, 2.45) is 0 Å². The molecule has 1 aliphatic rings. The van der Waals surface area contributed by atoms with E-state index in [2.05, 4.69) is 26.9 Å². The van der Waals surface area contributed by atoms with E-state index in [0.717, 1.165) is 16.8 Å². The fourth-order valence-corrected chi connectivity index (χ4v) is 3.81. The van der Waals surface area contributed by atoms with Crippen LogP contribution in [-0.2, 0) is 11.3 Å². The molecule has 1 aliphatic heterocycles. The highest BCUT2D eigenvalue weighted by Crippen LogP contribution is 2.36. The monoisotopic (exact) mass is 446 g/mol. The van der Waals surface area contributed by atoms with E-state index < -0.39 is 0 Å². The minimum absolute atomic E-state index is 0.0387. The Kier molecular flexibility index (Phi) is 5.43. The predicted octanol–water partition coefficient (Wildman–Crippen LogP) is 3.69. The molecule has 160 valence electrons. The fraction of sp³-hybridized carbons (Fsp3) is 0.130. The van der Waals surface area contributed by atoms with Crippen molar-refractivity contribution in [2.75, 3.05) is 11.4 Å². The van der Waals surface area contributed by atoms with Crippen LogP contribution in [0, 0.1) is 0 Å². The van der Waals surface area contributed by atoms with Crippen LogP contribution >= 0.6 is 11.6 Å². The number of amides is 1. The van der Waals surface area contributed by atoms with Gasteiger partial charge in [0.2, 0.25) is 5.91 Å². The second-order valence-corrected chi connectivity index (χ2v) is 7.72. The Morgan fingerprint density at radius 2 is 1.88 bits per heavy atom. The van der Waals surface area contributed by atoms with Gasteiger partial charge >= 0.3 is 0 Å². The first-order valence-corrected chi connectivity index (χ1v) is 10.4. The van der Waals surface area contributed by atoms with Crippen molar-refractivity contribution in [2.45, 2.75) is 12.6 Å². The van der Waals surface area contributed by atoms with Gasteiger partial charge in [-0.3, -0.25) is 9.69 Å². The molecule has 0 saturated heterocycles. The molecule has 1 atom stereocenters. The van der Waals surface area contributed by atoms with E-state index in [1.165, 1.54) is 0 Å². The second-order valence-electron chi connectivity index (χ2n) is 7.28. The van der Waals surface area contributed by atoms with E-state index in [9.17, 15) is 4.79 Å². The van der Waals surface area contributed by atoms with Gasteiger partial charge in [-0.25, -0.2) is 0 Å². The maximum absolute atomic E-state index is 12.8. The molecule has 8 nitrogen and oxygen atoms in total. The summed E-state index contributed by atoms with van der Waals surface area (Å²) in [5, 5.41) is 15.8. The van der Waals surface area contributed by atoms with Gasteiger partial charge in [-0.15, -0.1) is 0 Å². The van der Waals surface area contributed by atoms with Crippen LogP contribution < -0.4 is 10.2 Å². The summed E-state index contributed by atoms with van der Waals surface area (Å²) >= 11 is 6.11. The van der Waals surface area contributed by atoms with Crippen LogP contribution in [0.1, 0.15) is 22.9 Å². The van der Waals surface area contributed by atoms with E-state index in [0.29, 0.717) is 23.3 Å². The first kappa shape index (κ1) is 20.0. The molecule has 0 radical (unpaired) electrons. The van der Waals surface area contributed by atoms with Crippen LogP contribution in [0.15, 0.2) is 83.5 Å². The molecule has 1 N–H and O–H groups in total. The largest absolute Gasteiger partial charge is 0.467 e. The third-order valence-corrected chi connectivity index (χ3v) is 5.46. The van der Waals surface area contributed by atoms with Gasteiger partial charge in [-0.2, -0.15) is 4.68 Å². The van der Waals surface area contributed by atoms with E-state index >= 15 is 0 Å². The van der Waals surface area contributed by atoms with Gasteiger partial charge in [0.15, 0.2) is 0 Å². The number of halogens is 1. The van der Waals surface area contributed by atoms with E-state index in [-0.39, 0.29) is 18.5 Å². The van der Waals surface area contributed by atoms with Crippen molar-refractivity contribution in [3.63, 3.8) is 0 Å². The number of hydrogen-bond donors (Lipinski definition) is 1. The van der Waals surface area contributed by atoms with Crippen LogP contribution in [-0.4, -0.2) is 32.7 Å². The summed E-state index contributed by atoms with van der Waals surface area (Å²) < 4.78 is 7.01. The minimum Gasteiger partial charge on any atom is -0.467 e. The fourth-order valence-electron chi connectivity index (χ4n) is 3.68. The number of aromatic nitrogens is 4. The van der Waals surface area contributed by atoms with E-state index in [1.807, 2.05) is 60.7 Å². The SMILES string of the molecule is O=C(CN1C(c2ccc(Cl)cc2)=C[C@H](c2ccccc2)n2nnnc21)NCc1ccco1. The van der Waals surface area contributed by atoms with E-state index in [4.69, 9.17) is 16.0 Å². The number of tetrazole rings is 1. The smallest absolute Gasteiger partial charge is 0.251 e. The second kappa shape index (κ2) is 8.68. The molecule has 2 aromatic heterocycles. The predicted molar refractivity (Wildman–Crippen MR) is 120 cm³/mol. The van der Waals surface area contributed by atoms with Crippen LogP contribution in [0.4, 0.5) is 5.95 Å². The first-order chi connectivity index (χ1) is 15.7. The molecule has 9 heteroatoms. The maximum Gasteiger partial charge on any atom is 0.251 e. The highest BCUT2D eigenvalue weighted by atomic mass is 35.5. The van der Waals surface area contributed by atoms with Gasteiger partial charge in [0.05, 0.1) is 18.5 Å². The van der Waals surface area contributed by atoms with Crippen LogP contribution in [0.25, 0.3) is 5.70 Å². The van der Waals surface area contributed by atoms with E-state index in [1.54, 1.807) is 21.9 Å². The number of carbonyl (C=O) groups is 1. The van der Waals surface area contributed by atoms with Crippen molar-refractivity contribution in [1.82, 2.24) is 25.5 Å². The molecule has 0 unspecified atom stereocenters. The number of hydrogen-bond acceptors (Lipinski definition) is 6. The lowest BCUT2D eigenvalue weighted by molar-refractivity contribution is -0.119. The van der Waals surface area contributed by atoms with Gasteiger partial charge in [-0.05, 0) is 51.9 Å². The maximum atomic E-state index is 12.8. The van der Waals surface area contributed by atoms with Crippen LogP contribution in [0.3, 0.4) is 0 Å². The van der Waals surface area contributed by atoms with Gasteiger partial charge in [0, 0.05) is 5.02 Å². The Morgan fingerprint density at radius 3 is 2.62 bits per heavy atom. The molecule has 32 heavy (non-hydrogen) atoms. The average Bonchev–Trinajstić information content (AvgIpc) is 3.52. The molecule has 0 bridgehead atoms. The van der Waals surface area contributed by atoms with Crippen molar-refractivity contribution in [1.29, 1.82) is 0 Å². The normalized spacial score (nSPS) is 15.2. The molecule has 5 rings (SSSR count). The number of fused-ring (bicyclic) bond motifs is 1. The lowest BCUT2D eigenvalue weighted by Crippen LogP contribution is -2.39. The summed E-state index contributed by atoms with van der Waals surface area (Å²) in [6.45, 7) is 0.342.